The molecule has 0 aromatic heterocycles. The van der Waals surface area contributed by atoms with Gasteiger partial charge in [-0.1, -0.05) is 13.8 Å². The van der Waals surface area contributed by atoms with Gasteiger partial charge in [0.2, 0.25) is 0 Å². The first kappa shape index (κ1) is 10.4. The Labute approximate surface area is 85.4 Å². The first-order valence-corrected chi connectivity index (χ1v) is 5.64. The van der Waals surface area contributed by atoms with E-state index in [4.69, 9.17) is 4.74 Å². The molecule has 2 aliphatic rings. The van der Waals surface area contributed by atoms with Crippen LogP contribution >= 0.6 is 0 Å². The Hall–Kier alpha value is -0.150. The lowest BCUT2D eigenvalue weighted by molar-refractivity contribution is -0.0883. The minimum atomic E-state index is -0.635. The van der Waals surface area contributed by atoms with Gasteiger partial charge in [-0.3, -0.25) is 4.90 Å². The number of hydrogen-bond donors (Lipinski definition) is 0. The number of halogens is 1. The highest BCUT2D eigenvalue weighted by Crippen LogP contribution is 2.29. The van der Waals surface area contributed by atoms with Crippen LogP contribution in [0, 0.1) is 11.8 Å². The average Bonchev–Trinajstić information content (AvgIpc) is 2.00. The second-order valence-electron chi connectivity index (χ2n) is 4.90. The second-order valence-corrected chi connectivity index (χ2v) is 4.90. The zero-order valence-corrected chi connectivity index (χ0v) is 9.08. The molecule has 3 heteroatoms. The minimum Gasteiger partial charge on any atom is -0.378 e. The minimum absolute atomic E-state index is 0.271. The van der Waals surface area contributed by atoms with Gasteiger partial charge in [0, 0.05) is 6.54 Å². The molecule has 0 aromatic rings. The fourth-order valence-electron chi connectivity index (χ4n) is 2.46. The Morgan fingerprint density at radius 3 is 2.50 bits per heavy atom. The summed E-state index contributed by atoms with van der Waals surface area (Å²) in [5.74, 6) is 0.747. The number of alkyl halides is 1. The fraction of sp³-hybridized carbons (Fsp3) is 1.00. The lowest BCUT2D eigenvalue weighted by atomic mass is 9.84. The molecule has 2 aliphatic heterocycles. The summed E-state index contributed by atoms with van der Waals surface area (Å²) in [7, 11) is 0. The van der Waals surface area contributed by atoms with E-state index in [1.165, 1.54) is 0 Å². The van der Waals surface area contributed by atoms with Gasteiger partial charge >= 0.3 is 0 Å². The molecule has 0 aromatic carbocycles. The molecule has 2 atom stereocenters. The topological polar surface area (TPSA) is 12.5 Å². The van der Waals surface area contributed by atoms with Gasteiger partial charge in [0.15, 0.2) is 0 Å². The predicted octanol–water partition coefficient (Wildman–Crippen LogP) is 1.70. The van der Waals surface area contributed by atoms with E-state index in [0.717, 1.165) is 26.2 Å². The molecule has 0 N–H and O–H groups in total. The standard InChI is InChI=1S/C11H20FNO/c1-8(2)10-3-4-13(5-11(10)12)9-6-14-7-9/h8-11H,3-7H2,1-2H3/t10-,11-/m0/s1. The molecule has 2 rings (SSSR count). The summed E-state index contributed by atoms with van der Waals surface area (Å²) in [4.78, 5) is 2.26. The molecule has 0 aliphatic carbocycles. The molecule has 0 radical (unpaired) electrons. The van der Waals surface area contributed by atoms with Gasteiger partial charge in [-0.05, 0) is 24.8 Å². The molecule has 0 spiro atoms. The van der Waals surface area contributed by atoms with Crippen LogP contribution in [0.1, 0.15) is 20.3 Å². The summed E-state index contributed by atoms with van der Waals surface area (Å²) in [5.41, 5.74) is 0. The predicted molar refractivity (Wildman–Crippen MR) is 54.0 cm³/mol. The Kier molecular flexibility index (Phi) is 3.07. The summed E-state index contributed by atoms with van der Waals surface area (Å²) >= 11 is 0. The third-order valence-electron chi connectivity index (χ3n) is 3.62. The van der Waals surface area contributed by atoms with Crippen molar-refractivity contribution >= 4 is 0 Å². The maximum Gasteiger partial charge on any atom is 0.116 e. The van der Waals surface area contributed by atoms with Gasteiger partial charge in [-0.15, -0.1) is 0 Å². The summed E-state index contributed by atoms with van der Waals surface area (Å²) in [6, 6.07) is 0.501. The van der Waals surface area contributed by atoms with Crippen LogP contribution in [0.25, 0.3) is 0 Å². The number of hydrogen-bond acceptors (Lipinski definition) is 2. The van der Waals surface area contributed by atoms with Crippen LogP contribution in [-0.2, 0) is 4.74 Å². The third kappa shape index (κ3) is 1.94. The van der Waals surface area contributed by atoms with Gasteiger partial charge in [0.25, 0.3) is 0 Å². The van der Waals surface area contributed by atoms with Gasteiger partial charge in [0.05, 0.1) is 19.3 Å². The monoisotopic (exact) mass is 201 g/mol. The number of likely N-dealkylation sites (tertiary alicyclic amines) is 1. The summed E-state index contributed by atoms with van der Waals surface area (Å²) in [6.07, 6.45) is 0.374. The summed E-state index contributed by atoms with van der Waals surface area (Å²) in [5, 5.41) is 0. The highest BCUT2D eigenvalue weighted by Gasteiger charge is 2.36. The number of rotatable bonds is 2. The van der Waals surface area contributed by atoms with E-state index in [-0.39, 0.29) is 5.92 Å². The Morgan fingerprint density at radius 1 is 1.36 bits per heavy atom. The maximum atomic E-state index is 13.8. The van der Waals surface area contributed by atoms with E-state index < -0.39 is 6.17 Å². The first-order chi connectivity index (χ1) is 6.68. The second kappa shape index (κ2) is 4.15. The molecule has 14 heavy (non-hydrogen) atoms. The lowest BCUT2D eigenvalue weighted by Crippen LogP contribution is -2.55. The molecule has 0 saturated carbocycles. The highest BCUT2D eigenvalue weighted by molar-refractivity contribution is 4.87. The van der Waals surface area contributed by atoms with Crippen LogP contribution < -0.4 is 0 Å². The van der Waals surface area contributed by atoms with Crippen LogP contribution in [0.5, 0.6) is 0 Å². The zero-order chi connectivity index (χ0) is 10.1. The smallest absolute Gasteiger partial charge is 0.116 e. The molecule has 2 fully saturated rings. The fourth-order valence-corrected chi connectivity index (χ4v) is 2.46. The Balaban J connectivity index is 1.85. The molecule has 0 amide bonds. The first-order valence-electron chi connectivity index (χ1n) is 5.64. The van der Waals surface area contributed by atoms with E-state index in [9.17, 15) is 4.39 Å². The normalized spacial score (nSPS) is 36.0. The average molecular weight is 201 g/mol. The van der Waals surface area contributed by atoms with E-state index in [2.05, 4.69) is 18.7 Å². The number of piperidine rings is 1. The lowest BCUT2D eigenvalue weighted by Gasteiger charge is -2.43. The molecule has 0 bridgehead atoms. The molecule has 0 unspecified atom stereocenters. The Bertz CT molecular complexity index is 194. The van der Waals surface area contributed by atoms with E-state index in [0.29, 0.717) is 18.5 Å². The van der Waals surface area contributed by atoms with Crippen molar-refractivity contribution in [1.29, 1.82) is 0 Å². The van der Waals surface area contributed by atoms with Crippen molar-refractivity contribution in [2.24, 2.45) is 11.8 Å². The third-order valence-corrected chi connectivity index (χ3v) is 3.62. The van der Waals surface area contributed by atoms with Crippen molar-refractivity contribution in [3.8, 4) is 0 Å². The van der Waals surface area contributed by atoms with E-state index in [1.54, 1.807) is 0 Å². The van der Waals surface area contributed by atoms with Crippen molar-refractivity contribution in [3.05, 3.63) is 0 Å². The number of nitrogens with zero attached hydrogens (tertiary/aromatic N) is 1. The number of ether oxygens (including phenoxy) is 1. The Morgan fingerprint density at radius 2 is 2.07 bits per heavy atom. The van der Waals surface area contributed by atoms with Crippen molar-refractivity contribution < 1.29 is 9.13 Å². The molecule has 2 heterocycles. The summed E-state index contributed by atoms with van der Waals surface area (Å²) in [6.45, 7) is 7.53. The van der Waals surface area contributed by atoms with Crippen LogP contribution in [0.4, 0.5) is 4.39 Å². The highest BCUT2D eigenvalue weighted by atomic mass is 19.1. The summed E-state index contributed by atoms with van der Waals surface area (Å²) < 4.78 is 18.9. The van der Waals surface area contributed by atoms with E-state index >= 15 is 0 Å². The van der Waals surface area contributed by atoms with Gasteiger partial charge in [0.1, 0.15) is 6.17 Å². The van der Waals surface area contributed by atoms with Crippen LogP contribution in [0.3, 0.4) is 0 Å². The van der Waals surface area contributed by atoms with Crippen molar-refractivity contribution in [2.75, 3.05) is 26.3 Å². The van der Waals surface area contributed by atoms with E-state index in [1.807, 2.05) is 0 Å². The van der Waals surface area contributed by atoms with Crippen LogP contribution in [-0.4, -0.2) is 43.4 Å². The van der Waals surface area contributed by atoms with Crippen molar-refractivity contribution in [3.63, 3.8) is 0 Å². The van der Waals surface area contributed by atoms with Crippen LogP contribution in [0.2, 0.25) is 0 Å². The van der Waals surface area contributed by atoms with Crippen LogP contribution in [0.15, 0.2) is 0 Å². The van der Waals surface area contributed by atoms with Crippen molar-refractivity contribution in [2.45, 2.75) is 32.5 Å². The molecule has 2 saturated heterocycles. The van der Waals surface area contributed by atoms with Gasteiger partial charge in [-0.2, -0.15) is 0 Å². The molecular formula is C11H20FNO. The SMILES string of the molecule is CC(C)[C@@H]1CCN(C2COC2)C[C@@H]1F. The molecular weight excluding hydrogens is 181 g/mol. The quantitative estimate of drug-likeness (QED) is 0.674. The molecule has 82 valence electrons. The van der Waals surface area contributed by atoms with Gasteiger partial charge < -0.3 is 4.74 Å². The van der Waals surface area contributed by atoms with Crippen molar-refractivity contribution in [1.82, 2.24) is 4.90 Å². The zero-order valence-electron chi connectivity index (χ0n) is 9.08. The maximum absolute atomic E-state index is 13.8. The largest absolute Gasteiger partial charge is 0.378 e. The van der Waals surface area contributed by atoms with Gasteiger partial charge in [-0.25, -0.2) is 4.39 Å². The molecule has 2 nitrogen and oxygen atoms in total.